The number of carbonyl (C=O) groups is 1. The van der Waals surface area contributed by atoms with Gasteiger partial charge in [-0.1, -0.05) is 47.6 Å². The van der Waals surface area contributed by atoms with Crippen molar-refractivity contribution >= 4 is 35.2 Å². The number of anilines is 1. The number of phenols is 1. The Morgan fingerprint density at radius 2 is 1.63 bits per heavy atom. The molecular formula is C23H29N3O3S. The fourth-order valence-electron chi connectivity index (χ4n) is 2.78. The second-order valence-corrected chi connectivity index (χ2v) is 9.58. The number of aromatic carboxylic acids is 1. The minimum atomic E-state index is -0.987. The van der Waals surface area contributed by atoms with Gasteiger partial charge in [0.1, 0.15) is 5.75 Å². The zero-order valence-corrected chi connectivity index (χ0v) is 19.0. The molecule has 0 bridgehead atoms. The van der Waals surface area contributed by atoms with E-state index in [-0.39, 0.29) is 27.3 Å². The first kappa shape index (κ1) is 23.3. The Bertz CT molecular complexity index is 969. The molecule has 0 spiro atoms. The van der Waals surface area contributed by atoms with Crippen molar-refractivity contribution in [1.29, 1.82) is 0 Å². The summed E-state index contributed by atoms with van der Waals surface area (Å²) in [5.74, 6) is -0.789. The van der Waals surface area contributed by atoms with Gasteiger partial charge in [0.15, 0.2) is 5.11 Å². The molecule has 7 heteroatoms. The van der Waals surface area contributed by atoms with Gasteiger partial charge in [0.25, 0.3) is 0 Å². The van der Waals surface area contributed by atoms with E-state index in [9.17, 15) is 9.90 Å². The smallest absolute Gasteiger partial charge is 0.335 e. The Hall–Kier alpha value is -2.93. The van der Waals surface area contributed by atoms with Crippen LogP contribution in [0.2, 0.25) is 0 Å². The molecule has 4 N–H and O–H groups in total. The monoisotopic (exact) mass is 427 g/mol. The largest absolute Gasteiger partial charge is 0.507 e. The molecule has 0 aliphatic rings. The minimum absolute atomic E-state index is 0.0807. The topological polar surface area (TPSA) is 94.0 Å². The predicted octanol–water partition coefficient (Wildman–Crippen LogP) is 5.01. The molecule has 0 aliphatic carbocycles. The van der Waals surface area contributed by atoms with Gasteiger partial charge in [-0.25, -0.2) is 4.79 Å². The van der Waals surface area contributed by atoms with Crippen LogP contribution in [0, 0.1) is 0 Å². The maximum Gasteiger partial charge on any atom is 0.335 e. The number of rotatable bonds is 4. The molecule has 2 aromatic rings. The van der Waals surface area contributed by atoms with Crippen LogP contribution in [-0.2, 0) is 10.8 Å². The lowest BCUT2D eigenvalue weighted by atomic mass is 9.79. The number of carboxylic acid groups (broad SMARTS) is 1. The second-order valence-electron chi connectivity index (χ2n) is 9.17. The van der Waals surface area contributed by atoms with Crippen LogP contribution in [0.3, 0.4) is 0 Å². The molecule has 0 unspecified atom stereocenters. The molecule has 0 heterocycles. The van der Waals surface area contributed by atoms with Gasteiger partial charge in [0, 0.05) is 16.8 Å². The van der Waals surface area contributed by atoms with E-state index in [1.807, 2.05) is 12.1 Å². The van der Waals surface area contributed by atoms with Crippen molar-refractivity contribution in [2.45, 2.75) is 52.4 Å². The first-order chi connectivity index (χ1) is 13.8. The molecule has 0 saturated heterocycles. The number of phenolic OH excluding ortho intramolecular Hbond substituents is 1. The fourth-order valence-corrected chi connectivity index (χ4v) is 2.95. The summed E-state index contributed by atoms with van der Waals surface area (Å²) in [4.78, 5) is 10.9. The van der Waals surface area contributed by atoms with Crippen molar-refractivity contribution in [3.05, 3.63) is 58.7 Å². The molecule has 0 atom stereocenters. The summed E-state index contributed by atoms with van der Waals surface area (Å²) < 4.78 is 0. The van der Waals surface area contributed by atoms with Crippen LogP contribution in [0.5, 0.6) is 5.75 Å². The third-order valence-corrected chi connectivity index (χ3v) is 4.77. The van der Waals surface area contributed by atoms with Gasteiger partial charge >= 0.3 is 5.97 Å². The first-order valence-corrected chi connectivity index (χ1v) is 10.0. The van der Waals surface area contributed by atoms with Crippen LogP contribution in [0.25, 0.3) is 0 Å². The van der Waals surface area contributed by atoms with Gasteiger partial charge in [-0.15, -0.1) is 0 Å². The maximum atomic E-state index is 10.9. The lowest BCUT2D eigenvalue weighted by Crippen LogP contribution is -2.24. The van der Waals surface area contributed by atoms with Crippen molar-refractivity contribution in [3.63, 3.8) is 0 Å². The Morgan fingerprint density at radius 1 is 1.03 bits per heavy atom. The number of hydrazone groups is 1. The van der Waals surface area contributed by atoms with Crippen molar-refractivity contribution in [2.24, 2.45) is 5.10 Å². The van der Waals surface area contributed by atoms with Crippen molar-refractivity contribution < 1.29 is 15.0 Å². The first-order valence-electron chi connectivity index (χ1n) is 9.60. The number of nitrogens with zero attached hydrogens (tertiary/aromatic N) is 1. The van der Waals surface area contributed by atoms with Gasteiger partial charge in [-0.05, 0) is 58.9 Å². The second kappa shape index (κ2) is 8.83. The number of thiocarbonyl (C=S) groups is 1. The van der Waals surface area contributed by atoms with E-state index in [4.69, 9.17) is 17.3 Å². The molecule has 0 aliphatic heterocycles. The lowest BCUT2D eigenvalue weighted by Gasteiger charge is -2.26. The highest BCUT2D eigenvalue weighted by Crippen LogP contribution is 2.37. The average molecular weight is 428 g/mol. The van der Waals surface area contributed by atoms with E-state index in [1.54, 1.807) is 18.3 Å². The third-order valence-electron chi connectivity index (χ3n) is 4.57. The summed E-state index contributed by atoms with van der Waals surface area (Å²) >= 11 is 5.22. The van der Waals surface area contributed by atoms with Gasteiger partial charge < -0.3 is 15.5 Å². The molecule has 160 valence electrons. The number of hydrogen-bond acceptors (Lipinski definition) is 4. The lowest BCUT2D eigenvalue weighted by molar-refractivity contribution is 0.0697. The van der Waals surface area contributed by atoms with E-state index in [1.165, 1.54) is 12.1 Å². The van der Waals surface area contributed by atoms with Crippen molar-refractivity contribution in [1.82, 2.24) is 5.43 Å². The summed E-state index contributed by atoms with van der Waals surface area (Å²) in [5.41, 5.74) is 5.82. The molecule has 0 fully saturated rings. The van der Waals surface area contributed by atoms with E-state index in [2.05, 4.69) is 57.4 Å². The van der Waals surface area contributed by atoms with Crippen molar-refractivity contribution in [3.8, 4) is 5.75 Å². The van der Waals surface area contributed by atoms with Crippen molar-refractivity contribution in [2.75, 3.05) is 5.32 Å². The Balaban J connectivity index is 2.18. The van der Waals surface area contributed by atoms with E-state index in [0.717, 1.165) is 11.1 Å². The quantitative estimate of drug-likeness (QED) is 0.311. The summed E-state index contributed by atoms with van der Waals surface area (Å²) in [6.07, 6.45) is 1.54. The zero-order valence-electron chi connectivity index (χ0n) is 18.2. The van der Waals surface area contributed by atoms with Crippen LogP contribution in [-0.4, -0.2) is 27.5 Å². The SMILES string of the molecule is CC(C)(C)c1cc(C=NNC(=S)Nc2ccc(C(=O)O)cc2)c(O)c(C(C)(C)C)c1. The molecule has 0 aromatic heterocycles. The van der Waals surface area contributed by atoms with Crippen LogP contribution >= 0.6 is 12.2 Å². The van der Waals surface area contributed by atoms with Crippen LogP contribution in [0.1, 0.15) is 68.6 Å². The molecule has 2 aromatic carbocycles. The van der Waals surface area contributed by atoms with E-state index < -0.39 is 5.97 Å². The highest BCUT2D eigenvalue weighted by Gasteiger charge is 2.24. The summed E-state index contributed by atoms with van der Waals surface area (Å²) in [7, 11) is 0. The van der Waals surface area contributed by atoms with E-state index in [0.29, 0.717) is 11.3 Å². The minimum Gasteiger partial charge on any atom is -0.507 e. The molecule has 0 saturated carbocycles. The normalized spacial score (nSPS) is 12.1. The molecular weight excluding hydrogens is 398 g/mol. The average Bonchev–Trinajstić information content (AvgIpc) is 2.61. The number of benzene rings is 2. The van der Waals surface area contributed by atoms with E-state index >= 15 is 0 Å². The van der Waals surface area contributed by atoms with Gasteiger partial charge in [0.05, 0.1) is 11.8 Å². The maximum absolute atomic E-state index is 10.9. The third kappa shape index (κ3) is 6.03. The van der Waals surface area contributed by atoms with Crippen LogP contribution in [0.4, 0.5) is 5.69 Å². The summed E-state index contributed by atoms with van der Waals surface area (Å²) in [6, 6.07) is 10.2. The number of hydrogen-bond donors (Lipinski definition) is 4. The Labute approximate surface area is 183 Å². The number of carboxylic acids is 1. The molecule has 30 heavy (non-hydrogen) atoms. The molecule has 2 rings (SSSR count). The summed E-state index contributed by atoms with van der Waals surface area (Å²) in [6.45, 7) is 12.5. The zero-order chi connectivity index (χ0) is 22.7. The van der Waals surface area contributed by atoms with Crippen LogP contribution < -0.4 is 10.7 Å². The van der Waals surface area contributed by atoms with Gasteiger partial charge in [-0.2, -0.15) is 5.10 Å². The fraction of sp³-hybridized carbons (Fsp3) is 0.348. The number of aromatic hydroxyl groups is 1. The molecule has 6 nitrogen and oxygen atoms in total. The standard InChI is InChI=1S/C23H29N3O3S/c1-22(2,3)16-11-15(19(27)18(12-16)23(4,5)6)13-24-26-21(30)25-17-9-7-14(8-10-17)20(28)29/h7-13,27H,1-6H3,(H,28,29)(H2,25,26,30). The predicted molar refractivity (Wildman–Crippen MR) is 126 cm³/mol. The Morgan fingerprint density at radius 3 is 2.13 bits per heavy atom. The van der Waals surface area contributed by atoms with Crippen LogP contribution in [0.15, 0.2) is 41.5 Å². The highest BCUT2D eigenvalue weighted by atomic mass is 32.1. The number of nitrogens with one attached hydrogen (secondary N) is 2. The van der Waals surface area contributed by atoms with Gasteiger partial charge in [0.2, 0.25) is 0 Å². The van der Waals surface area contributed by atoms with Gasteiger partial charge in [-0.3, -0.25) is 5.43 Å². The molecule has 0 radical (unpaired) electrons. The highest BCUT2D eigenvalue weighted by molar-refractivity contribution is 7.80. The summed E-state index contributed by atoms with van der Waals surface area (Å²) in [5, 5.41) is 27.1. The molecule has 0 amide bonds. The Kier molecular flexibility index (Phi) is 6.87.